The van der Waals surface area contributed by atoms with E-state index >= 15 is 0 Å². The van der Waals surface area contributed by atoms with Gasteiger partial charge in [-0.05, 0) is 66.9 Å². The van der Waals surface area contributed by atoms with Crippen LogP contribution in [0.15, 0.2) is 60.9 Å². The van der Waals surface area contributed by atoms with E-state index in [0.717, 1.165) is 27.0 Å². The van der Waals surface area contributed by atoms with Crippen LogP contribution in [-0.4, -0.2) is 30.0 Å². The maximum atomic E-state index is 13.5. The second-order valence-electron chi connectivity index (χ2n) is 7.54. The monoisotopic (exact) mass is 416 g/mol. The molecule has 2 heterocycles. The van der Waals surface area contributed by atoms with Gasteiger partial charge in [0, 0.05) is 37.7 Å². The summed E-state index contributed by atoms with van der Waals surface area (Å²) in [4.78, 5) is 26.3. The number of hydrogen-bond acceptors (Lipinski definition) is 5. The molecule has 5 nitrogen and oxygen atoms in total. The molecule has 0 aliphatic heterocycles. The van der Waals surface area contributed by atoms with E-state index in [0.29, 0.717) is 17.2 Å². The molecule has 2 aromatic heterocycles. The van der Waals surface area contributed by atoms with Gasteiger partial charge >= 0.3 is 0 Å². The number of pyridine rings is 1. The maximum absolute atomic E-state index is 13.5. The first-order chi connectivity index (χ1) is 14.4. The Morgan fingerprint density at radius 2 is 1.80 bits per heavy atom. The van der Waals surface area contributed by atoms with Gasteiger partial charge in [-0.15, -0.1) is 0 Å². The van der Waals surface area contributed by atoms with E-state index in [9.17, 15) is 4.79 Å². The lowest BCUT2D eigenvalue weighted by Gasteiger charge is -2.20. The summed E-state index contributed by atoms with van der Waals surface area (Å²) in [7, 11) is 3.97. The fourth-order valence-electron chi connectivity index (χ4n) is 3.29. The molecule has 0 aliphatic rings. The Bertz CT molecular complexity index is 1180. The van der Waals surface area contributed by atoms with Crippen LogP contribution in [0.4, 0.5) is 10.8 Å². The van der Waals surface area contributed by atoms with Crippen LogP contribution in [0.5, 0.6) is 0 Å². The van der Waals surface area contributed by atoms with Crippen molar-refractivity contribution in [3.8, 4) is 0 Å². The highest BCUT2D eigenvalue weighted by molar-refractivity contribution is 7.22. The first kappa shape index (κ1) is 20.0. The number of thiazole rings is 1. The lowest BCUT2D eigenvalue weighted by Crippen LogP contribution is -2.30. The number of rotatable bonds is 5. The Kier molecular flexibility index (Phi) is 5.50. The Labute approximate surface area is 180 Å². The Hall–Kier alpha value is -3.25. The van der Waals surface area contributed by atoms with Crippen molar-refractivity contribution in [3.63, 3.8) is 0 Å². The number of anilines is 2. The zero-order valence-electron chi connectivity index (χ0n) is 17.6. The van der Waals surface area contributed by atoms with Crippen molar-refractivity contribution in [3.05, 3.63) is 83.2 Å². The summed E-state index contributed by atoms with van der Waals surface area (Å²) in [5.74, 6) is -0.0717. The summed E-state index contributed by atoms with van der Waals surface area (Å²) in [6, 6.07) is 15.7. The summed E-state index contributed by atoms with van der Waals surface area (Å²) in [6.07, 6.45) is 3.53. The molecule has 4 aromatic rings. The molecule has 6 heteroatoms. The van der Waals surface area contributed by atoms with Crippen molar-refractivity contribution in [2.45, 2.75) is 20.4 Å². The molecule has 0 N–H and O–H groups in total. The smallest absolute Gasteiger partial charge is 0.260 e. The second-order valence-corrected chi connectivity index (χ2v) is 8.55. The molecule has 0 saturated heterocycles. The SMILES string of the molecule is Cc1ccc2sc(N(Cc3cccnc3)C(=O)c3ccc(N(C)C)cc3)nc2c1C. The van der Waals surface area contributed by atoms with Crippen molar-refractivity contribution in [2.24, 2.45) is 0 Å². The van der Waals surface area contributed by atoms with E-state index < -0.39 is 0 Å². The van der Waals surface area contributed by atoms with Crippen molar-refractivity contribution >= 4 is 38.3 Å². The summed E-state index contributed by atoms with van der Waals surface area (Å²) in [5, 5.41) is 0.698. The Morgan fingerprint density at radius 3 is 2.47 bits per heavy atom. The molecule has 0 aliphatic carbocycles. The van der Waals surface area contributed by atoms with Gasteiger partial charge < -0.3 is 4.90 Å². The fourth-order valence-corrected chi connectivity index (χ4v) is 4.31. The average molecular weight is 417 g/mol. The largest absolute Gasteiger partial charge is 0.378 e. The van der Waals surface area contributed by atoms with Crippen LogP contribution in [0.2, 0.25) is 0 Å². The number of amides is 1. The highest BCUT2D eigenvalue weighted by Crippen LogP contribution is 2.33. The first-order valence-electron chi connectivity index (χ1n) is 9.79. The van der Waals surface area contributed by atoms with E-state index in [1.165, 1.54) is 5.56 Å². The molecule has 0 saturated carbocycles. The zero-order valence-corrected chi connectivity index (χ0v) is 18.4. The molecular weight excluding hydrogens is 392 g/mol. The van der Waals surface area contributed by atoms with Crippen LogP contribution in [0, 0.1) is 13.8 Å². The van der Waals surface area contributed by atoms with Gasteiger partial charge in [0.25, 0.3) is 5.91 Å². The van der Waals surface area contributed by atoms with Gasteiger partial charge in [-0.1, -0.05) is 23.5 Å². The predicted octanol–water partition coefficient (Wildman–Crippen LogP) is 5.22. The summed E-state index contributed by atoms with van der Waals surface area (Å²) < 4.78 is 1.08. The van der Waals surface area contributed by atoms with Crippen LogP contribution in [0.1, 0.15) is 27.0 Å². The van der Waals surface area contributed by atoms with Gasteiger partial charge in [0.05, 0.1) is 16.8 Å². The molecular formula is C24H24N4OS. The van der Waals surface area contributed by atoms with Crippen molar-refractivity contribution in [1.29, 1.82) is 0 Å². The molecule has 4 rings (SSSR count). The van der Waals surface area contributed by atoms with E-state index in [1.807, 2.05) is 55.4 Å². The number of carbonyl (C=O) groups is 1. The quantitative estimate of drug-likeness (QED) is 0.447. The zero-order chi connectivity index (χ0) is 21.3. The Balaban J connectivity index is 1.76. The molecule has 30 heavy (non-hydrogen) atoms. The number of fused-ring (bicyclic) bond motifs is 1. The molecule has 0 bridgehead atoms. The van der Waals surface area contributed by atoms with Crippen molar-refractivity contribution in [1.82, 2.24) is 9.97 Å². The van der Waals surface area contributed by atoms with Crippen LogP contribution >= 0.6 is 11.3 Å². The molecule has 0 unspecified atom stereocenters. The molecule has 2 aromatic carbocycles. The number of hydrogen-bond donors (Lipinski definition) is 0. The molecule has 0 spiro atoms. The van der Waals surface area contributed by atoms with Crippen LogP contribution in [-0.2, 0) is 6.54 Å². The number of aryl methyl sites for hydroxylation is 2. The van der Waals surface area contributed by atoms with Gasteiger partial charge in [-0.3, -0.25) is 14.7 Å². The minimum atomic E-state index is -0.0717. The van der Waals surface area contributed by atoms with Crippen LogP contribution < -0.4 is 9.80 Å². The third kappa shape index (κ3) is 3.91. The average Bonchev–Trinajstić information content (AvgIpc) is 3.20. The molecule has 0 atom stereocenters. The summed E-state index contributed by atoms with van der Waals surface area (Å²) in [5.41, 5.74) is 5.96. The number of nitrogens with zero attached hydrogens (tertiary/aromatic N) is 4. The minimum Gasteiger partial charge on any atom is -0.378 e. The predicted molar refractivity (Wildman–Crippen MR) is 125 cm³/mol. The maximum Gasteiger partial charge on any atom is 0.260 e. The number of aromatic nitrogens is 2. The highest BCUT2D eigenvalue weighted by Gasteiger charge is 2.22. The summed E-state index contributed by atoms with van der Waals surface area (Å²) >= 11 is 1.54. The molecule has 1 amide bonds. The van der Waals surface area contributed by atoms with E-state index in [2.05, 4.69) is 31.0 Å². The third-order valence-electron chi connectivity index (χ3n) is 5.24. The topological polar surface area (TPSA) is 49.3 Å². The summed E-state index contributed by atoms with van der Waals surface area (Å²) in [6.45, 7) is 4.58. The van der Waals surface area contributed by atoms with Crippen LogP contribution in [0.25, 0.3) is 10.2 Å². The van der Waals surface area contributed by atoms with E-state index in [1.54, 1.807) is 28.6 Å². The van der Waals surface area contributed by atoms with E-state index in [4.69, 9.17) is 4.98 Å². The van der Waals surface area contributed by atoms with Gasteiger partial charge in [-0.2, -0.15) is 0 Å². The van der Waals surface area contributed by atoms with Gasteiger partial charge in [-0.25, -0.2) is 4.98 Å². The lowest BCUT2D eigenvalue weighted by molar-refractivity contribution is 0.0985. The van der Waals surface area contributed by atoms with Gasteiger partial charge in [0.1, 0.15) is 0 Å². The van der Waals surface area contributed by atoms with Crippen molar-refractivity contribution in [2.75, 3.05) is 23.9 Å². The lowest BCUT2D eigenvalue weighted by atomic mass is 10.1. The highest BCUT2D eigenvalue weighted by atomic mass is 32.1. The normalized spacial score (nSPS) is 10.9. The molecule has 0 fully saturated rings. The van der Waals surface area contributed by atoms with Gasteiger partial charge in [0.15, 0.2) is 5.13 Å². The van der Waals surface area contributed by atoms with Crippen LogP contribution in [0.3, 0.4) is 0 Å². The second kappa shape index (κ2) is 8.24. The molecule has 0 radical (unpaired) electrons. The fraction of sp³-hybridized carbons (Fsp3) is 0.208. The van der Waals surface area contributed by atoms with Gasteiger partial charge in [0.2, 0.25) is 0 Å². The number of benzene rings is 2. The van der Waals surface area contributed by atoms with E-state index in [-0.39, 0.29) is 5.91 Å². The third-order valence-corrected chi connectivity index (χ3v) is 6.29. The first-order valence-corrected chi connectivity index (χ1v) is 10.6. The molecule has 152 valence electrons. The Morgan fingerprint density at radius 1 is 1.03 bits per heavy atom. The van der Waals surface area contributed by atoms with Crippen molar-refractivity contribution < 1.29 is 4.79 Å². The minimum absolute atomic E-state index is 0.0717. The standard InChI is InChI=1S/C24H24N4OS/c1-16-7-12-21-22(17(16)2)26-24(30-21)28(15-18-6-5-13-25-14-18)23(29)19-8-10-20(11-9-19)27(3)4/h5-14H,15H2,1-4H3. The number of carbonyl (C=O) groups excluding carboxylic acids is 1.